The number of carbonyl (C=O) groups excluding carboxylic acids is 1. The molecule has 40 heavy (non-hydrogen) atoms. The van der Waals surface area contributed by atoms with Crippen LogP contribution in [0.2, 0.25) is 10.0 Å². The van der Waals surface area contributed by atoms with E-state index in [2.05, 4.69) is 9.80 Å². The van der Waals surface area contributed by atoms with Gasteiger partial charge in [0.1, 0.15) is 5.82 Å². The topological polar surface area (TPSA) is 67.4 Å². The van der Waals surface area contributed by atoms with Gasteiger partial charge in [0.15, 0.2) is 0 Å². The number of benzene rings is 2. The minimum Gasteiger partial charge on any atom is -0.341 e. The number of likely N-dealkylation sites (N-methyl/N-ethyl adjacent to an activating group) is 1. The van der Waals surface area contributed by atoms with E-state index in [1.807, 2.05) is 12.1 Å². The van der Waals surface area contributed by atoms with Gasteiger partial charge in [0.05, 0.1) is 15.5 Å². The van der Waals surface area contributed by atoms with Crippen molar-refractivity contribution in [1.29, 1.82) is 0 Å². The molecule has 8 nitrogen and oxygen atoms in total. The van der Waals surface area contributed by atoms with Crippen molar-refractivity contribution in [2.24, 2.45) is 5.92 Å². The molecule has 3 aliphatic rings. The molecule has 1 amide bonds. The highest BCUT2D eigenvalue weighted by Crippen LogP contribution is 2.56. The van der Waals surface area contributed by atoms with Gasteiger partial charge in [-0.05, 0) is 47.7 Å². The van der Waals surface area contributed by atoms with Crippen molar-refractivity contribution in [3.8, 4) is 0 Å². The number of likely N-dealkylation sites (tertiary alicyclic amines) is 1. The Kier molecular flexibility index (Phi) is 8.52. The maximum atomic E-state index is 14.0. The van der Waals surface area contributed by atoms with E-state index in [-0.39, 0.29) is 17.6 Å². The first-order valence-electron chi connectivity index (χ1n) is 13.5. The van der Waals surface area contributed by atoms with Crippen LogP contribution in [0.3, 0.4) is 0 Å². The predicted octanol–water partition coefficient (Wildman–Crippen LogP) is 3.16. The highest BCUT2D eigenvalue weighted by atomic mass is 35.5. The summed E-state index contributed by atoms with van der Waals surface area (Å²) in [5.41, 5.74) is 1.06. The van der Waals surface area contributed by atoms with E-state index in [0.717, 1.165) is 50.3 Å². The van der Waals surface area contributed by atoms with E-state index in [4.69, 9.17) is 23.2 Å². The molecule has 0 unspecified atom stereocenters. The second-order valence-electron chi connectivity index (χ2n) is 11.4. The molecule has 12 heteroatoms. The van der Waals surface area contributed by atoms with Crippen LogP contribution >= 0.6 is 23.2 Å². The van der Waals surface area contributed by atoms with Gasteiger partial charge in [-0.25, -0.2) is 4.39 Å². The van der Waals surface area contributed by atoms with Crippen LogP contribution in [0.15, 0.2) is 42.5 Å². The van der Waals surface area contributed by atoms with Crippen molar-refractivity contribution in [2.45, 2.75) is 24.4 Å². The first-order chi connectivity index (χ1) is 18.9. The van der Waals surface area contributed by atoms with Crippen LogP contribution in [-0.2, 0) is 27.0 Å². The second kappa shape index (κ2) is 11.5. The lowest BCUT2D eigenvalue weighted by Crippen LogP contribution is -2.64. The van der Waals surface area contributed by atoms with E-state index in [1.54, 1.807) is 48.5 Å². The maximum Gasteiger partial charge on any atom is 0.281 e. The quantitative estimate of drug-likeness (QED) is 0.436. The predicted molar refractivity (Wildman–Crippen MR) is 155 cm³/mol. The summed E-state index contributed by atoms with van der Waals surface area (Å²) in [4.78, 5) is 20.4. The van der Waals surface area contributed by atoms with Crippen LogP contribution in [-0.4, -0.2) is 111 Å². The zero-order valence-electron chi connectivity index (χ0n) is 23.1. The van der Waals surface area contributed by atoms with Gasteiger partial charge < -0.3 is 4.90 Å². The lowest BCUT2D eigenvalue weighted by Gasteiger charge is -2.48. The number of nitrogens with zero attached hydrogens (tertiary/aromatic N) is 5. The van der Waals surface area contributed by atoms with Crippen LogP contribution < -0.4 is 0 Å². The molecule has 0 aromatic heterocycles. The summed E-state index contributed by atoms with van der Waals surface area (Å²) in [5, 5.41) is 0.881. The summed E-state index contributed by atoms with van der Waals surface area (Å²) in [6.45, 7) is 5.40. The third kappa shape index (κ3) is 5.77. The van der Waals surface area contributed by atoms with Gasteiger partial charge >= 0.3 is 0 Å². The van der Waals surface area contributed by atoms with Gasteiger partial charge in [-0.15, -0.1) is 0 Å². The van der Waals surface area contributed by atoms with Crippen LogP contribution in [0.25, 0.3) is 0 Å². The lowest BCUT2D eigenvalue weighted by molar-refractivity contribution is -0.133. The largest absolute Gasteiger partial charge is 0.341 e. The summed E-state index contributed by atoms with van der Waals surface area (Å²) in [6, 6.07) is 12.1. The van der Waals surface area contributed by atoms with Crippen molar-refractivity contribution >= 4 is 39.3 Å². The number of piperazine rings is 1. The molecule has 0 radical (unpaired) electrons. The second-order valence-corrected chi connectivity index (χ2v) is 14.3. The fraction of sp³-hybridized carbons (Fsp3) is 0.536. The number of carbonyl (C=O) groups is 1. The smallest absolute Gasteiger partial charge is 0.281 e. The highest BCUT2D eigenvalue weighted by molar-refractivity contribution is 7.86. The summed E-state index contributed by atoms with van der Waals surface area (Å²) in [7, 11) is 1.53. The molecule has 0 bridgehead atoms. The van der Waals surface area contributed by atoms with E-state index < -0.39 is 15.6 Å². The zero-order chi connectivity index (χ0) is 28.8. The molecule has 2 aliphatic heterocycles. The van der Waals surface area contributed by atoms with Crippen molar-refractivity contribution in [2.75, 3.05) is 67.0 Å². The molecule has 2 heterocycles. The van der Waals surface area contributed by atoms with Crippen LogP contribution in [0.1, 0.15) is 17.5 Å². The molecule has 0 N–H and O–H groups in total. The van der Waals surface area contributed by atoms with E-state index in [1.165, 1.54) is 16.4 Å². The van der Waals surface area contributed by atoms with Crippen LogP contribution in [0.4, 0.5) is 4.39 Å². The molecule has 2 atom stereocenters. The van der Waals surface area contributed by atoms with Crippen molar-refractivity contribution in [3.05, 3.63) is 69.5 Å². The summed E-state index contributed by atoms with van der Waals surface area (Å²) >= 11 is 12.6. The molecule has 218 valence electrons. The summed E-state index contributed by atoms with van der Waals surface area (Å²) in [5.74, 6) is -0.146. The number of amides is 1. The molecule has 1 saturated carbocycles. The monoisotopic (exact) mass is 611 g/mol. The molecule has 3 fully saturated rings. The average molecular weight is 613 g/mol. The van der Waals surface area contributed by atoms with Gasteiger partial charge in [-0.2, -0.15) is 17.0 Å². The molecule has 0 spiro atoms. The van der Waals surface area contributed by atoms with Gasteiger partial charge in [0.25, 0.3) is 10.2 Å². The van der Waals surface area contributed by atoms with Crippen molar-refractivity contribution in [1.82, 2.24) is 23.3 Å². The van der Waals surface area contributed by atoms with Crippen molar-refractivity contribution < 1.29 is 17.6 Å². The Balaban J connectivity index is 1.22. The molecule has 2 saturated heterocycles. The number of hydrogen-bond acceptors (Lipinski definition) is 5. The third-order valence-corrected chi connectivity index (χ3v) is 11.3. The SMILES string of the molecule is CN(Cc1ccc(F)cc1)C(=O)[C@@]1(c2ccc(Cl)c(Cl)c2)C[C@H]1CN1CC(N2CCN(S(=O)(=O)N(C)C)CC2)C1. The lowest BCUT2D eigenvalue weighted by atomic mass is 9.90. The molecule has 1 aliphatic carbocycles. The number of rotatable bonds is 9. The Morgan fingerprint density at radius 3 is 2.25 bits per heavy atom. The molecule has 5 rings (SSSR count). The van der Waals surface area contributed by atoms with Gasteiger partial charge in [-0.3, -0.25) is 14.6 Å². The standard InChI is InChI=1S/C28H36Cl2FN5O3S/c1-32(2)40(38,39)36-12-10-35(11-13-36)24-18-34(19-24)17-22-15-28(22,21-6-9-25(29)26(30)14-21)27(37)33(3)16-20-4-7-23(31)8-5-20/h4-9,14,22,24H,10-13,15-19H2,1-3H3/t22-,28+/m0/s1. The Labute approximate surface area is 246 Å². The first kappa shape index (κ1) is 29.7. The average Bonchev–Trinajstić information content (AvgIpc) is 3.63. The minimum atomic E-state index is -3.38. The van der Waals surface area contributed by atoms with Gasteiger partial charge in [-0.1, -0.05) is 41.4 Å². The van der Waals surface area contributed by atoms with E-state index >= 15 is 0 Å². The summed E-state index contributed by atoms with van der Waals surface area (Å²) in [6.07, 6.45) is 0.722. The Hall–Kier alpha value is -1.79. The fourth-order valence-corrected chi connectivity index (χ4v) is 7.49. The third-order valence-electron chi connectivity index (χ3n) is 8.60. The Morgan fingerprint density at radius 2 is 1.65 bits per heavy atom. The fourth-order valence-electron chi connectivity index (χ4n) is 6.10. The first-order valence-corrected chi connectivity index (χ1v) is 15.7. The normalized spacial score (nSPS) is 24.7. The number of halogens is 3. The van der Waals surface area contributed by atoms with Crippen LogP contribution in [0.5, 0.6) is 0 Å². The summed E-state index contributed by atoms with van der Waals surface area (Å²) < 4.78 is 41.0. The van der Waals surface area contributed by atoms with Crippen molar-refractivity contribution in [3.63, 3.8) is 0 Å². The minimum absolute atomic E-state index is 0.0236. The van der Waals surface area contributed by atoms with Gasteiger partial charge in [0.2, 0.25) is 5.91 Å². The van der Waals surface area contributed by atoms with Crippen LogP contribution in [0, 0.1) is 11.7 Å². The van der Waals surface area contributed by atoms with Gasteiger partial charge in [0, 0.05) is 79.5 Å². The van der Waals surface area contributed by atoms with E-state index in [0.29, 0.717) is 35.7 Å². The molecule has 2 aromatic rings. The van der Waals surface area contributed by atoms with E-state index in [9.17, 15) is 17.6 Å². The molecular weight excluding hydrogens is 576 g/mol. The Morgan fingerprint density at radius 1 is 1.00 bits per heavy atom. The molecular formula is C28H36Cl2FN5O3S. The number of hydrogen-bond donors (Lipinski definition) is 0. The zero-order valence-corrected chi connectivity index (χ0v) is 25.4. The Bertz CT molecular complexity index is 1350. The highest BCUT2D eigenvalue weighted by Gasteiger charge is 2.62. The molecule has 2 aromatic carbocycles. The maximum absolute atomic E-state index is 14.0.